The topological polar surface area (TPSA) is 39.2 Å². The molecule has 0 unspecified atom stereocenters. The first-order valence-corrected chi connectivity index (χ1v) is 6.22. The molecule has 1 heterocycles. The molecule has 0 N–H and O–H groups in total. The minimum absolute atomic E-state index is 0.189. The van der Waals surface area contributed by atoms with Crippen LogP contribution in [0.1, 0.15) is 27.3 Å². The Bertz CT molecular complexity index is 618. The normalized spacial score (nSPS) is 10.3. The summed E-state index contributed by atoms with van der Waals surface area (Å²) in [6.07, 6.45) is 0. The van der Waals surface area contributed by atoms with Crippen molar-refractivity contribution >= 4 is 17.4 Å². The summed E-state index contributed by atoms with van der Waals surface area (Å²) >= 11 is 5.94. The monoisotopic (exact) mass is 275 g/mol. The zero-order valence-electron chi connectivity index (χ0n) is 11.0. The number of benzene rings is 1. The highest BCUT2D eigenvalue weighted by Gasteiger charge is 2.16. The Hall–Kier alpha value is -1.87. The van der Waals surface area contributed by atoms with Crippen LogP contribution in [-0.2, 0) is 0 Å². The van der Waals surface area contributed by atoms with Gasteiger partial charge in [-0.25, -0.2) is 4.98 Å². The van der Waals surface area contributed by atoms with E-state index in [0.29, 0.717) is 22.0 Å². The SMILES string of the molecule is COc1ccc(Cl)cc1C(=O)c1cc(C)cc(C)n1. The lowest BCUT2D eigenvalue weighted by Crippen LogP contribution is -2.07. The summed E-state index contributed by atoms with van der Waals surface area (Å²) in [5.74, 6) is 0.307. The van der Waals surface area contributed by atoms with E-state index < -0.39 is 0 Å². The zero-order valence-corrected chi connectivity index (χ0v) is 11.8. The van der Waals surface area contributed by atoms with Gasteiger partial charge in [-0.2, -0.15) is 0 Å². The quantitative estimate of drug-likeness (QED) is 0.804. The highest BCUT2D eigenvalue weighted by atomic mass is 35.5. The van der Waals surface area contributed by atoms with Crippen molar-refractivity contribution < 1.29 is 9.53 Å². The summed E-state index contributed by atoms with van der Waals surface area (Å²) < 4.78 is 5.20. The lowest BCUT2D eigenvalue weighted by Gasteiger charge is -2.08. The van der Waals surface area contributed by atoms with Crippen molar-refractivity contribution in [3.63, 3.8) is 0 Å². The fourth-order valence-electron chi connectivity index (χ4n) is 1.95. The van der Waals surface area contributed by atoms with Crippen molar-refractivity contribution in [2.75, 3.05) is 7.11 Å². The van der Waals surface area contributed by atoms with E-state index in [1.54, 1.807) is 24.3 Å². The van der Waals surface area contributed by atoms with E-state index in [1.165, 1.54) is 7.11 Å². The minimum Gasteiger partial charge on any atom is -0.496 e. The van der Waals surface area contributed by atoms with Crippen LogP contribution in [0.4, 0.5) is 0 Å². The number of rotatable bonds is 3. The Morgan fingerprint density at radius 1 is 1.21 bits per heavy atom. The molecule has 19 heavy (non-hydrogen) atoms. The van der Waals surface area contributed by atoms with Gasteiger partial charge in [-0.15, -0.1) is 0 Å². The Labute approximate surface area is 117 Å². The summed E-state index contributed by atoms with van der Waals surface area (Å²) in [6.45, 7) is 3.79. The van der Waals surface area contributed by atoms with Crippen LogP contribution < -0.4 is 4.74 Å². The highest BCUT2D eigenvalue weighted by Crippen LogP contribution is 2.25. The average Bonchev–Trinajstić information content (AvgIpc) is 2.36. The Morgan fingerprint density at radius 3 is 2.58 bits per heavy atom. The van der Waals surface area contributed by atoms with Crippen LogP contribution in [0.5, 0.6) is 5.75 Å². The molecular formula is C15H14ClNO2. The number of hydrogen-bond acceptors (Lipinski definition) is 3. The number of methoxy groups -OCH3 is 1. The molecule has 0 saturated heterocycles. The van der Waals surface area contributed by atoms with Crippen LogP contribution in [0.2, 0.25) is 5.02 Å². The molecule has 0 aliphatic heterocycles. The maximum absolute atomic E-state index is 12.5. The van der Waals surface area contributed by atoms with E-state index in [-0.39, 0.29) is 5.78 Å². The van der Waals surface area contributed by atoms with Crippen LogP contribution in [-0.4, -0.2) is 17.9 Å². The van der Waals surface area contributed by atoms with Crippen molar-refractivity contribution in [1.82, 2.24) is 4.98 Å². The molecule has 98 valence electrons. The molecule has 0 amide bonds. The second-order valence-electron chi connectivity index (χ2n) is 4.34. The number of ketones is 1. The van der Waals surface area contributed by atoms with Gasteiger partial charge in [0.1, 0.15) is 11.4 Å². The van der Waals surface area contributed by atoms with E-state index in [0.717, 1.165) is 11.3 Å². The summed E-state index contributed by atoms with van der Waals surface area (Å²) in [5, 5.41) is 0.494. The minimum atomic E-state index is -0.189. The van der Waals surface area contributed by atoms with Gasteiger partial charge in [0.05, 0.1) is 12.7 Å². The van der Waals surface area contributed by atoms with Crippen LogP contribution in [0.25, 0.3) is 0 Å². The maximum atomic E-state index is 12.5. The number of pyridine rings is 1. The van der Waals surface area contributed by atoms with Gasteiger partial charge >= 0.3 is 0 Å². The van der Waals surface area contributed by atoms with Crippen LogP contribution in [0, 0.1) is 13.8 Å². The number of carbonyl (C=O) groups is 1. The second-order valence-corrected chi connectivity index (χ2v) is 4.78. The van der Waals surface area contributed by atoms with Crippen molar-refractivity contribution in [3.05, 3.63) is 57.9 Å². The van der Waals surface area contributed by atoms with Crippen molar-refractivity contribution in [1.29, 1.82) is 0 Å². The van der Waals surface area contributed by atoms with Gasteiger partial charge in [0, 0.05) is 10.7 Å². The molecule has 1 aromatic heterocycles. The lowest BCUT2D eigenvalue weighted by atomic mass is 10.0. The van der Waals surface area contributed by atoms with E-state index in [4.69, 9.17) is 16.3 Å². The predicted molar refractivity (Wildman–Crippen MR) is 75.1 cm³/mol. The van der Waals surface area contributed by atoms with Crippen LogP contribution in [0.15, 0.2) is 30.3 Å². The third-order valence-corrected chi connectivity index (χ3v) is 2.97. The van der Waals surface area contributed by atoms with Gasteiger partial charge in [-0.1, -0.05) is 11.6 Å². The first kappa shape index (κ1) is 13.6. The molecule has 1 aromatic carbocycles. The Morgan fingerprint density at radius 2 is 1.95 bits per heavy atom. The number of halogens is 1. The van der Waals surface area contributed by atoms with Crippen LogP contribution in [0.3, 0.4) is 0 Å². The smallest absolute Gasteiger partial charge is 0.215 e. The van der Waals surface area contributed by atoms with E-state index >= 15 is 0 Å². The molecule has 4 heteroatoms. The van der Waals surface area contributed by atoms with Crippen molar-refractivity contribution in [2.45, 2.75) is 13.8 Å². The number of aryl methyl sites for hydroxylation is 2. The fraction of sp³-hybridized carbons (Fsp3) is 0.200. The highest BCUT2D eigenvalue weighted by molar-refractivity contribution is 6.31. The largest absolute Gasteiger partial charge is 0.496 e. The van der Waals surface area contributed by atoms with E-state index in [1.807, 2.05) is 19.9 Å². The van der Waals surface area contributed by atoms with Gasteiger partial charge in [-0.05, 0) is 49.7 Å². The second kappa shape index (κ2) is 5.41. The van der Waals surface area contributed by atoms with Crippen molar-refractivity contribution in [3.8, 4) is 5.75 Å². The maximum Gasteiger partial charge on any atom is 0.215 e. The number of aromatic nitrogens is 1. The summed E-state index contributed by atoms with van der Waals surface area (Å²) in [4.78, 5) is 16.7. The molecule has 0 aliphatic carbocycles. The number of hydrogen-bond donors (Lipinski definition) is 0. The number of nitrogens with zero attached hydrogens (tertiary/aromatic N) is 1. The average molecular weight is 276 g/mol. The van der Waals surface area contributed by atoms with Gasteiger partial charge in [-0.3, -0.25) is 4.79 Å². The third-order valence-electron chi connectivity index (χ3n) is 2.74. The molecule has 0 fully saturated rings. The number of ether oxygens (including phenoxy) is 1. The molecule has 0 aliphatic rings. The Balaban J connectivity index is 2.52. The van der Waals surface area contributed by atoms with Gasteiger partial charge in [0.2, 0.25) is 5.78 Å². The first-order chi connectivity index (χ1) is 9.01. The van der Waals surface area contributed by atoms with E-state index in [2.05, 4.69) is 4.98 Å². The molecule has 2 rings (SSSR count). The fourth-order valence-corrected chi connectivity index (χ4v) is 2.13. The van der Waals surface area contributed by atoms with Crippen LogP contribution >= 0.6 is 11.6 Å². The molecule has 0 spiro atoms. The Kier molecular flexibility index (Phi) is 3.86. The summed E-state index contributed by atoms with van der Waals surface area (Å²) in [5.41, 5.74) is 2.63. The van der Waals surface area contributed by atoms with Gasteiger partial charge in [0.25, 0.3) is 0 Å². The molecule has 0 atom stereocenters. The molecular weight excluding hydrogens is 262 g/mol. The molecule has 0 bridgehead atoms. The predicted octanol–water partition coefficient (Wildman–Crippen LogP) is 3.59. The van der Waals surface area contributed by atoms with Gasteiger partial charge < -0.3 is 4.74 Å². The van der Waals surface area contributed by atoms with Crippen molar-refractivity contribution in [2.24, 2.45) is 0 Å². The lowest BCUT2D eigenvalue weighted by molar-refractivity contribution is 0.103. The number of carbonyl (C=O) groups excluding carboxylic acids is 1. The summed E-state index contributed by atoms with van der Waals surface area (Å²) in [7, 11) is 1.52. The summed E-state index contributed by atoms with van der Waals surface area (Å²) in [6, 6.07) is 8.65. The molecule has 0 saturated carbocycles. The first-order valence-electron chi connectivity index (χ1n) is 5.85. The molecule has 0 radical (unpaired) electrons. The molecule has 3 nitrogen and oxygen atoms in total. The van der Waals surface area contributed by atoms with E-state index in [9.17, 15) is 4.79 Å². The third kappa shape index (κ3) is 2.93. The standard InChI is InChI=1S/C15H14ClNO2/c1-9-6-10(2)17-13(7-9)15(18)12-8-11(16)4-5-14(12)19-3/h4-8H,1-3H3. The zero-order chi connectivity index (χ0) is 14.0. The molecule has 2 aromatic rings. The van der Waals surface area contributed by atoms with Gasteiger partial charge in [0.15, 0.2) is 0 Å².